The lowest BCUT2D eigenvalue weighted by Gasteiger charge is -2.39. The summed E-state index contributed by atoms with van der Waals surface area (Å²) < 4.78 is 25.5. The van der Waals surface area contributed by atoms with Gasteiger partial charge in [0.2, 0.25) is 0 Å². The van der Waals surface area contributed by atoms with Crippen LogP contribution >= 0.6 is 12.4 Å². The van der Waals surface area contributed by atoms with E-state index in [0.717, 1.165) is 54.8 Å². The molecule has 1 unspecified atom stereocenters. The number of halogens is 2. The predicted molar refractivity (Wildman–Crippen MR) is 129 cm³/mol. The number of nitrogens with one attached hydrogen (secondary N) is 1. The summed E-state index contributed by atoms with van der Waals surface area (Å²) >= 11 is 0. The highest BCUT2D eigenvalue weighted by molar-refractivity contribution is 5.85. The summed E-state index contributed by atoms with van der Waals surface area (Å²) in [4.78, 5) is 5.97. The van der Waals surface area contributed by atoms with Crippen LogP contribution in [-0.2, 0) is 12.8 Å². The molecule has 0 spiro atoms. The smallest absolute Gasteiger partial charge is 0.126 e. The second-order valence-corrected chi connectivity index (χ2v) is 8.89. The highest BCUT2D eigenvalue weighted by Crippen LogP contribution is 2.36. The minimum absolute atomic E-state index is 0. The number of rotatable bonds is 7. The molecule has 5 rings (SSSR count). The number of fused-ring (bicyclic) bond motifs is 2. The van der Waals surface area contributed by atoms with Crippen molar-refractivity contribution >= 4 is 23.3 Å². The Morgan fingerprint density at radius 2 is 2.00 bits per heavy atom. The molecule has 32 heavy (non-hydrogen) atoms. The number of hydrogen-bond donors (Lipinski definition) is 1. The van der Waals surface area contributed by atoms with E-state index in [9.17, 15) is 4.39 Å². The van der Waals surface area contributed by atoms with Gasteiger partial charge < -0.3 is 14.5 Å². The van der Waals surface area contributed by atoms with E-state index >= 15 is 0 Å². The molecule has 2 aliphatic rings. The van der Waals surface area contributed by atoms with Crippen LogP contribution < -0.4 is 9.47 Å². The molecule has 1 aliphatic heterocycles. The molecular weight excluding hydrogens is 427 g/mol. The summed E-state index contributed by atoms with van der Waals surface area (Å²) in [6, 6.07) is 12.1. The zero-order chi connectivity index (χ0) is 21.2. The third kappa shape index (κ3) is 4.60. The molecule has 0 saturated heterocycles. The van der Waals surface area contributed by atoms with Gasteiger partial charge in [0.1, 0.15) is 23.9 Å². The fourth-order valence-corrected chi connectivity index (χ4v) is 5.48. The minimum Gasteiger partial charge on any atom is -0.496 e. The van der Waals surface area contributed by atoms with E-state index in [1.807, 2.05) is 30.5 Å². The first-order chi connectivity index (χ1) is 15.2. The molecule has 3 aromatic rings. The van der Waals surface area contributed by atoms with Crippen molar-refractivity contribution in [2.45, 2.75) is 57.0 Å². The van der Waals surface area contributed by atoms with Crippen molar-refractivity contribution in [3.05, 3.63) is 59.5 Å². The molecule has 1 aliphatic carbocycles. The van der Waals surface area contributed by atoms with Crippen molar-refractivity contribution in [3.63, 3.8) is 0 Å². The molecular formula is C26H32ClFN2O2. The molecule has 4 nitrogen and oxygen atoms in total. The van der Waals surface area contributed by atoms with E-state index in [1.54, 1.807) is 13.2 Å². The highest BCUT2D eigenvalue weighted by Gasteiger charge is 2.32. The van der Waals surface area contributed by atoms with E-state index in [0.29, 0.717) is 12.1 Å². The van der Waals surface area contributed by atoms with Gasteiger partial charge in [0.05, 0.1) is 7.11 Å². The van der Waals surface area contributed by atoms with Gasteiger partial charge in [0, 0.05) is 34.7 Å². The Balaban J connectivity index is 0.00000245. The number of methoxy groups -OCH3 is 1. The molecule has 2 heterocycles. The largest absolute Gasteiger partial charge is 0.496 e. The molecule has 1 aromatic heterocycles. The summed E-state index contributed by atoms with van der Waals surface area (Å²) in [5.74, 6) is 1.71. The van der Waals surface area contributed by atoms with Crippen molar-refractivity contribution in [2.24, 2.45) is 0 Å². The number of aromatic nitrogens is 1. The Bertz CT molecular complexity index is 1030. The van der Waals surface area contributed by atoms with Crippen molar-refractivity contribution in [2.75, 3.05) is 20.3 Å². The summed E-state index contributed by atoms with van der Waals surface area (Å²) in [6.45, 7) is 1.76. The zero-order valence-corrected chi connectivity index (χ0v) is 19.4. The van der Waals surface area contributed by atoms with Gasteiger partial charge in [-0.05, 0) is 74.5 Å². The standard InChI is InChI=1S/C26H31FN2O2.ClH/c1-30-25-9-4-10-26-23(25)15-21(17-31-26)29(20-7-2-3-8-20)13-5-6-18-16-28-24-12-11-19(27)14-22(18)24;/h4,9-12,14,16,20-21,28H,2-3,5-8,13,15,17H2,1H3;1H. The molecule has 6 heteroatoms. The fraction of sp³-hybridized carbons (Fsp3) is 0.462. The third-order valence-electron chi connectivity index (χ3n) is 7.04. The highest BCUT2D eigenvalue weighted by atomic mass is 35.5. The molecule has 1 N–H and O–H groups in total. The second-order valence-electron chi connectivity index (χ2n) is 8.89. The summed E-state index contributed by atoms with van der Waals surface area (Å²) in [5, 5.41) is 1.01. The SMILES string of the molecule is COc1cccc2c1CC(N(CCCc1c[nH]c3ccc(F)cc13)C1CCCC1)CO2.Cl. The lowest BCUT2D eigenvalue weighted by Crippen LogP contribution is -2.48. The number of benzene rings is 2. The normalized spacial score (nSPS) is 18.4. The van der Waals surface area contributed by atoms with Gasteiger partial charge in [-0.2, -0.15) is 0 Å². The quantitative estimate of drug-likeness (QED) is 0.477. The number of aryl methyl sites for hydroxylation is 1. The van der Waals surface area contributed by atoms with Crippen LogP contribution in [0.2, 0.25) is 0 Å². The Hall–Kier alpha value is -2.24. The molecule has 1 saturated carbocycles. The number of H-pyrrole nitrogens is 1. The lowest BCUT2D eigenvalue weighted by atomic mass is 9.98. The number of nitrogens with zero attached hydrogens (tertiary/aromatic N) is 1. The third-order valence-corrected chi connectivity index (χ3v) is 7.04. The fourth-order valence-electron chi connectivity index (χ4n) is 5.48. The van der Waals surface area contributed by atoms with Crippen LogP contribution in [0.4, 0.5) is 4.39 Å². The van der Waals surface area contributed by atoms with Crippen molar-refractivity contribution in [3.8, 4) is 11.5 Å². The zero-order valence-electron chi connectivity index (χ0n) is 18.6. The van der Waals surface area contributed by atoms with Crippen molar-refractivity contribution in [1.29, 1.82) is 0 Å². The first-order valence-corrected chi connectivity index (χ1v) is 11.5. The molecule has 0 radical (unpaired) electrons. The van der Waals surface area contributed by atoms with Crippen LogP contribution in [-0.4, -0.2) is 42.2 Å². The molecule has 1 fully saturated rings. The van der Waals surface area contributed by atoms with Gasteiger partial charge in [0.15, 0.2) is 0 Å². The van der Waals surface area contributed by atoms with Gasteiger partial charge in [-0.3, -0.25) is 4.90 Å². The topological polar surface area (TPSA) is 37.5 Å². The number of hydrogen-bond acceptors (Lipinski definition) is 3. The maximum absolute atomic E-state index is 13.7. The maximum Gasteiger partial charge on any atom is 0.126 e. The second kappa shape index (κ2) is 10.1. The summed E-state index contributed by atoms with van der Waals surface area (Å²) in [6.07, 6.45) is 10.2. The average molecular weight is 459 g/mol. The minimum atomic E-state index is -0.173. The van der Waals surface area contributed by atoms with Crippen LogP contribution in [0.25, 0.3) is 10.9 Å². The van der Waals surface area contributed by atoms with Gasteiger partial charge in [0.25, 0.3) is 0 Å². The van der Waals surface area contributed by atoms with Crippen LogP contribution in [0.3, 0.4) is 0 Å². The van der Waals surface area contributed by atoms with E-state index in [-0.39, 0.29) is 18.2 Å². The maximum atomic E-state index is 13.7. The van der Waals surface area contributed by atoms with Crippen LogP contribution in [0.1, 0.15) is 43.2 Å². The van der Waals surface area contributed by atoms with Crippen LogP contribution in [0.5, 0.6) is 11.5 Å². The van der Waals surface area contributed by atoms with Crippen molar-refractivity contribution < 1.29 is 13.9 Å². The van der Waals surface area contributed by atoms with Gasteiger partial charge in [-0.15, -0.1) is 12.4 Å². The van der Waals surface area contributed by atoms with Crippen LogP contribution in [0, 0.1) is 5.82 Å². The van der Waals surface area contributed by atoms with Gasteiger partial charge in [-0.1, -0.05) is 18.9 Å². The Labute approximate surface area is 195 Å². The Morgan fingerprint density at radius 1 is 1.16 bits per heavy atom. The van der Waals surface area contributed by atoms with Gasteiger partial charge >= 0.3 is 0 Å². The number of ether oxygens (including phenoxy) is 2. The molecule has 1 atom stereocenters. The van der Waals surface area contributed by atoms with E-state index < -0.39 is 0 Å². The van der Waals surface area contributed by atoms with E-state index in [2.05, 4.69) is 9.88 Å². The van der Waals surface area contributed by atoms with Crippen LogP contribution in [0.15, 0.2) is 42.6 Å². The Kier molecular flexibility index (Phi) is 7.27. The summed E-state index contributed by atoms with van der Waals surface area (Å²) in [7, 11) is 1.73. The molecule has 172 valence electrons. The van der Waals surface area contributed by atoms with Gasteiger partial charge in [-0.25, -0.2) is 4.39 Å². The summed E-state index contributed by atoms with van der Waals surface area (Å²) in [5.41, 5.74) is 3.40. The van der Waals surface area contributed by atoms with E-state index in [1.165, 1.54) is 42.9 Å². The molecule has 0 amide bonds. The number of aromatic amines is 1. The first-order valence-electron chi connectivity index (χ1n) is 11.5. The molecule has 0 bridgehead atoms. The average Bonchev–Trinajstić information content (AvgIpc) is 3.46. The Morgan fingerprint density at radius 3 is 2.81 bits per heavy atom. The predicted octanol–water partition coefficient (Wildman–Crippen LogP) is 5.92. The first kappa shape index (κ1) is 22.9. The monoisotopic (exact) mass is 458 g/mol. The molecule has 2 aromatic carbocycles. The van der Waals surface area contributed by atoms with Crippen molar-refractivity contribution in [1.82, 2.24) is 9.88 Å². The lowest BCUT2D eigenvalue weighted by molar-refractivity contribution is 0.0794. The van der Waals surface area contributed by atoms with E-state index in [4.69, 9.17) is 9.47 Å².